The van der Waals surface area contributed by atoms with E-state index in [2.05, 4.69) is 83.1 Å². The van der Waals surface area contributed by atoms with E-state index in [9.17, 15) is 4.79 Å². The maximum atomic E-state index is 11.4. The van der Waals surface area contributed by atoms with Crippen molar-refractivity contribution in [1.82, 2.24) is 14.9 Å². The summed E-state index contributed by atoms with van der Waals surface area (Å²) < 4.78 is 11.3. The lowest BCUT2D eigenvalue weighted by Gasteiger charge is -2.34. The van der Waals surface area contributed by atoms with Crippen LogP contribution in [0.4, 0.5) is 11.4 Å². The number of nitrogens with zero attached hydrogens (tertiary/aromatic N) is 3. The molecule has 0 unspecified atom stereocenters. The highest BCUT2D eigenvalue weighted by atomic mass is 32.1. The van der Waals surface area contributed by atoms with Crippen molar-refractivity contribution in [1.29, 1.82) is 0 Å². The number of ether oxygens (including phenoxy) is 2. The molecule has 274 valence electrons. The number of thiol groups is 1. The number of nitrogens with two attached hydrogens (primary N) is 1. The predicted molar refractivity (Wildman–Crippen MR) is 215 cm³/mol. The Bertz CT molecular complexity index is 1510. The first kappa shape index (κ1) is 42.3. The van der Waals surface area contributed by atoms with Crippen LogP contribution in [0, 0.1) is 5.92 Å². The molecular formula is C40H60N6O3S. The van der Waals surface area contributed by atoms with Crippen LogP contribution in [0.25, 0.3) is 11.0 Å². The summed E-state index contributed by atoms with van der Waals surface area (Å²) in [6.45, 7) is 18.9. The molecule has 0 aliphatic carbocycles. The quantitative estimate of drug-likeness (QED) is 0.0779. The average Bonchev–Trinajstić information content (AvgIpc) is 3.65. The number of carbonyl (C=O) groups excluding carboxylic acids is 1. The Kier molecular flexibility index (Phi) is 20.6. The molecule has 0 atom stereocenters. The lowest BCUT2D eigenvalue weighted by Crippen LogP contribution is -2.44. The molecule has 4 N–H and O–H groups in total. The van der Waals surface area contributed by atoms with Gasteiger partial charge in [-0.2, -0.15) is 0 Å². The van der Waals surface area contributed by atoms with Gasteiger partial charge in [0, 0.05) is 79.9 Å². The highest BCUT2D eigenvalue weighted by Gasteiger charge is 2.17. The summed E-state index contributed by atoms with van der Waals surface area (Å²) in [6.07, 6.45) is 8.95. The van der Waals surface area contributed by atoms with E-state index >= 15 is 0 Å². The second-order valence-electron chi connectivity index (χ2n) is 11.8. The number of pyridine rings is 1. The lowest BCUT2D eigenvalue weighted by atomic mass is 10.0. The molecule has 4 aromatic rings. The molecule has 2 aromatic carbocycles. The number of benzene rings is 2. The number of carbonyl (C=O) groups is 1. The van der Waals surface area contributed by atoms with Gasteiger partial charge in [-0.1, -0.05) is 39.8 Å². The number of likely N-dealkylation sites (N-methyl/N-ethyl adjacent to an activating group) is 1. The molecule has 2 aliphatic rings. The van der Waals surface area contributed by atoms with Crippen LogP contribution in [0.1, 0.15) is 63.7 Å². The number of aldehydes is 1. The van der Waals surface area contributed by atoms with E-state index in [-0.39, 0.29) is 0 Å². The molecule has 0 saturated carbocycles. The summed E-state index contributed by atoms with van der Waals surface area (Å²) in [7, 11) is 3.63. The van der Waals surface area contributed by atoms with Crippen molar-refractivity contribution in [2.45, 2.75) is 58.3 Å². The third-order valence-corrected chi connectivity index (χ3v) is 8.70. The second-order valence-corrected chi connectivity index (χ2v) is 12.3. The molecule has 0 bridgehead atoms. The average molecular weight is 705 g/mol. The predicted octanol–water partition coefficient (Wildman–Crippen LogP) is 8.70. The van der Waals surface area contributed by atoms with Gasteiger partial charge in [-0.15, -0.1) is 12.6 Å². The fourth-order valence-corrected chi connectivity index (χ4v) is 5.26. The largest absolute Gasteiger partial charge is 0.455 e. The van der Waals surface area contributed by atoms with Crippen molar-refractivity contribution in [3.05, 3.63) is 84.7 Å². The number of hydrogen-bond acceptors (Lipinski definition) is 9. The zero-order valence-electron chi connectivity index (χ0n) is 31.1. The van der Waals surface area contributed by atoms with Crippen molar-refractivity contribution >= 4 is 41.3 Å². The summed E-state index contributed by atoms with van der Waals surface area (Å²) >= 11 is 4.26. The Morgan fingerprint density at radius 3 is 2.30 bits per heavy atom. The summed E-state index contributed by atoms with van der Waals surface area (Å²) in [5.41, 5.74) is 9.44. The summed E-state index contributed by atoms with van der Waals surface area (Å²) in [6, 6.07) is 17.8. The van der Waals surface area contributed by atoms with Gasteiger partial charge in [0.2, 0.25) is 0 Å². The number of nitrogens with one attached hydrogen (secondary N) is 2. The monoisotopic (exact) mass is 704 g/mol. The van der Waals surface area contributed by atoms with E-state index in [0.717, 1.165) is 92.6 Å². The maximum Gasteiger partial charge on any atom is 0.153 e. The first-order valence-corrected chi connectivity index (χ1v) is 18.3. The molecule has 6 rings (SSSR count). The van der Waals surface area contributed by atoms with Crippen LogP contribution >= 0.6 is 12.6 Å². The van der Waals surface area contributed by atoms with Gasteiger partial charge in [-0.05, 0) is 94.2 Å². The maximum absolute atomic E-state index is 11.4. The van der Waals surface area contributed by atoms with Crippen molar-refractivity contribution in [2.75, 3.05) is 70.2 Å². The van der Waals surface area contributed by atoms with E-state index in [1.807, 2.05) is 62.5 Å². The minimum Gasteiger partial charge on any atom is -0.455 e. The third kappa shape index (κ3) is 14.6. The molecule has 0 amide bonds. The Hall–Kier alpha value is -3.83. The SMILES string of the molecule is C=C(CC)CC.CC.CN.CN1CCN(c2ccc(C=O)c(Oc3cnc4[nH]ccc4c3)c2)CC1.Sc1ccc(NCC2CCOCC2)cc1. The molecule has 0 spiro atoms. The standard InChI is InChI=1S/C19H20N4O2.C12H17NOS.C6H12.C2H6.CH5N/c1-22-6-8-23(9-7-22)16-3-2-15(13-24)18(11-16)25-17-10-14-4-5-20-19(14)21-12-17;15-12-3-1-11(2-4-12)13-9-10-5-7-14-8-6-10;1-4-6(3)5-2;2*1-2/h2-5,10-13H,6-9H2,1H3,(H,20,21);1-4,10,13,15H,5-9H2;3-5H2,1-2H3;1-2H3;2H2,1H3. The number of anilines is 2. The number of allylic oxidation sites excluding steroid dienone is 1. The molecule has 2 aliphatic heterocycles. The summed E-state index contributed by atoms with van der Waals surface area (Å²) in [5, 5.41) is 4.42. The second kappa shape index (κ2) is 24.3. The highest BCUT2D eigenvalue weighted by Crippen LogP contribution is 2.30. The van der Waals surface area contributed by atoms with Crippen LogP contribution in [0.2, 0.25) is 0 Å². The van der Waals surface area contributed by atoms with Crippen molar-refractivity contribution in [2.24, 2.45) is 11.7 Å². The summed E-state index contributed by atoms with van der Waals surface area (Å²) in [5.74, 6) is 1.93. The molecule has 10 heteroatoms. The molecule has 0 radical (unpaired) electrons. The van der Waals surface area contributed by atoms with Gasteiger partial charge in [0.15, 0.2) is 6.29 Å². The topological polar surface area (TPSA) is 109 Å². The molecule has 9 nitrogen and oxygen atoms in total. The summed E-state index contributed by atoms with van der Waals surface area (Å²) in [4.78, 5) is 24.4. The first-order valence-electron chi connectivity index (χ1n) is 17.9. The zero-order chi connectivity index (χ0) is 36.7. The van der Waals surface area contributed by atoms with E-state index in [1.165, 1.54) is 31.1 Å². The van der Waals surface area contributed by atoms with Crippen LogP contribution in [-0.2, 0) is 4.74 Å². The van der Waals surface area contributed by atoms with Crippen LogP contribution in [0.3, 0.4) is 0 Å². The lowest BCUT2D eigenvalue weighted by molar-refractivity contribution is 0.0699. The number of fused-ring (bicyclic) bond motifs is 1. The van der Waals surface area contributed by atoms with Gasteiger partial charge in [-0.25, -0.2) is 4.98 Å². The van der Waals surface area contributed by atoms with Crippen molar-refractivity contribution in [3.63, 3.8) is 0 Å². The molecule has 2 aromatic heterocycles. The number of rotatable bonds is 9. The fraction of sp³-hybridized carbons (Fsp3) is 0.450. The van der Waals surface area contributed by atoms with E-state index in [0.29, 0.717) is 17.1 Å². The minimum absolute atomic E-state index is 0.534. The van der Waals surface area contributed by atoms with Crippen LogP contribution < -0.4 is 20.7 Å². The van der Waals surface area contributed by atoms with Crippen LogP contribution in [0.15, 0.2) is 84.0 Å². The van der Waals surface area contributed by atoms with Crippen molar-refractivity contribution < 1.29 is 14.3 Å². The molecular weight excluding hydrogens is 645 g/mol. The highest BCUT2D eigenvalue weighted by molar-refractivity contribution is 7.80. The van der Waals surface area contributed by atoms with E-state index < -0.39 is 0 Å². The zero-order valence-corrected chi connectivity index (χ0v) is 32.0. The Morgan fingerprint density at radius 1 is 1.04 bits per heavy atom. The number of aromatic amines is 1. The molecule has 50 heavy (non-hydrogen) atoms. The Labute approximate surface area is 306 Å². The first-order chi connectivity index (χ1) is 24.4. The van der Waals surface area contributed by atoms with Gasteiger partial charge in [-0.3, -0.25) is 4.79 Å². The number of H-pyrrole nitrogens is 1. The molecule has 2 saturated heterocycles. The number of aromatic nitrogens is 2. The Balaban J connectivity index is 0.000000295. The van der Waals surface area contributed by atoms with E-state index in [4.69, 9.17) is 9.47 Å². The van der Waals surface area contributed by atoms with Crippen molar-refractivity contribution in [3.8, 4) is 11.5 Å². The number of hydrogen-bond donors (Lipinski definition) is 4. The fourth-order valence-electron chi connectivity index (χ4n) is 5.11. The number of piperazine rings is 1. The van der Waals surface area contributed by atoms with Crippen LogP contribution in [0.5, 0.6) is 11.5 Å². The third-order valence-electron chi connectivity index (χ3n) is 8.40. The molecule has 4 heterocycles. The normalized spacial score (nSPS) is 14.3. The van der Waals surface area contributed by atoms with Gasteiger partial charge < -0.3 is 35.3 Å². The smallest absolute Gasteiger partial charge is 0.153 e. The van der Waals surface area contributed by atoms with Gasteiger partial charge in [0.25, 0.3) is 0 Å². The van der Waals surface area contributed by atoms with Crippen LogP contribution in [-0.4, -0.2) is 81.2 Å². The van der Waals surface area contributed by atoms with Gasteiger partial charge in [0.05, 0.1) is 11.8 Å². The Morgan fingerprint density at radius 2 is 1.70 bits per heavy atom. The molecule has 2 fully saturated rings. The van der Waals surface area contributed by atoms with Gasteiger partial charge >= 0.3 is 0 Å². The van der Waals surface area contributed by atoms with E-state index in [1.54, 1.807) is 6.20 Å². The van der Waals surface area contributed by atoms with Gasteiger partial charge in [0.1, 0.15) is 17.1 Å². The minimum atomic E-state index is 0.534.